The van der Waals surface area contributed by atoms with Gasteiger partial charge in [-0.1, -0.05) is 121 Å². The van der Waals surface area contributed by atoms with Gasteiger partial charge in [0.2, 0.25) is 0 Å². The molecule has 0 radical (unpaired) electrons. The molecule has 2 atom stereocenters. The lowest BCUT2D eigenvalue weighted by atomic mass is 9.66. The number of benzene rings is 4. The van der Waals surface area contributed by atoms with Gasteiger partial charge in [0.15, 0.2) is 0 Å². The molecule has 5 rings (SSSR count). The fraction of sp³-hybridized carbons (Fsp3) is 0.212. The van der Waals surface area contributed by atoms with Gasteiger partial charge in [0.25, 0.3) is 0 Å². The molecule has 4 aromatic carbocycles. The normalized spacial score (nSPS) is 17.9. The van der Waals surface area contributed by atoms with Gasteiger partial charge in [0, 0.05) is 12.5 Å². The zero-order chi connectivity index (χ0) is 26.6. The Labute approximate surface area is 225 Å². The molecule has 4 nitrogen and oxygen atoms in total. The van der Waals surface area contributed by atoms with Crippen LogP contribution in [0.4, 0.5) is 0 Å². The van der Waals surface area contributed by atoms with Crippen LogP contribution in [0.15, 0.2) is 133 Å². The highest BCUT2D eigenvalue weighted by Crippen LogP contribution is 2.50. The molecule has 1 N–H and O–H groups in total. The molecule has 1 aliphatic rings. The minimum atomic E-state index is -1.01. The van der Waals surface area contributed by atoms with Gasteiger partial charge >= 0.3 is 7.12 Å². The second-order valence-corrected chi connectivity index (χ2v) is 9.87. The average molecular weight is 504 g/mol. The van der Waals surface area contributed by atoms with Crippen molar-refractivity contribution in [1.29, 1.82) is 0 Å². The molecule has 192 valence electrons. The second-order valence-electron chi connectivity index (χ2n) is 9.87. The summed E-state index contributed by atoms with van der Waals surface area (Å²) >= 11 is 0. The molecule has 0 spiro atoms. The van der Waals surface area contributed by atoms with Crippen LogP contribution in [0.2, 0.25) is 0 Å². The lowest BCUT2D eigenvalue weighted by Crippen LogP contribution is -2.54. The van der Waals surface area contributed by atoms with Gasteiger partial charge in [0.1, 0.15) is 11.7 Å². The largest absolute Gasteiger partial charge is 0.492 e. The van der Waals surface area contributed by atoms with Gasteiger partial charge in [0.05, 0.1) is 12.7 Å². The summed E-state index contributed by atoms with van der Waals surface area (Å²) in [6.45, 7) is 6.02. The highest BCUT2D eigenvalue weighted by molar-refractivity contribution is 6.54. The molecule has 1 fully saturated rings. The van der Waals surface area contributed by atoms with Crippen LogP contribution in [0.1, 0.15) is 29.2 Å². The van der Waals surface area contributed by atoms with Crippen molar-refractivity contribution in [2.75, 3.05) is 13.7 Å². The SMILES string of the molecule is C=C(CO)B1OC(C(C)(c2ccccc2)c2ccccc2)C(C(OC)(c2ccccc2)c2ccccc2)O1. The molecule has 0 aromatic heterocycles. The molecule has 0 saturated carbocycles. The number of hydrogen-bond acceptors (Lipinski definition) is 4. The van der Waals surface area contributed by atoms with Gasteiger partial charge in [-0.15, -0.1) is 6.58 Å². The van der Waals surface area contributed by atoms with Crippen LogP contribution in [0.5, 0.6) is 0 Å². The molecule has 4 aromatic rings. The maximum Gasteiger partial charge on any atom is 0.492 e. The van der Waals surface area contributed by atoms with E-state index < -0.39 is 30.3 Å². The average Bonchev–Trinajstić information content (AvgIpc) is 3.45. The van der Waals surface area contributed by atoms with Crippen molar-refractivity contribution in [2.45, 2.75) is 30.1 Å². The third-order valence-electron chi connectivity index (χ3n) is 7.80. The Bertz CT molecular complexity index is 1250. The Kier molecular flexibility index (Phi) is 7.64. The van der Waals surface area contributed by atoms with Crippen LogP contribution in [0, 0.1) is 0 Å². The summed E-state index contributed by atoms with van der Waals surface area (Å²) in [5, 5.41) is 10.0. The minimum absolute atomic E-state index is 0.242. The Morgan fingerprint density at radius 3 is 1.45 bits per heavy atom. The van der Waals surface area contributed by atoms with Crippen molar-refractivity contribution in [1.82, 2.24) is 0 Å². The Balaban J connectivity index is 1.79. The van der Waals surface area contributed by atoms with E-state index in [1.54, 1.807) is 7.11 Å². The van der Waals surface area contributed by atoms with Gasteiger partial charge < -0.3 is 19.2 Å². The molecule has 0 bridgehead atoms. The van der Waals surface area contributed by atoms with Crippen LogP contribution in [0.3, 0.4) is 0 Å². The third-order valence-corrected chi connectivity index (χ3v) is 7.80. The van der Waals surface area contributed by atoms with Crippen molar-refractivity contribution >= 4 is 7.12 Å². The van der Waals surface area contributed by atoms with E-state index in [4.69, 9.17) is 14.0 Å². The van der Waals surface area contributed by atoms with Gasteiger partial charge in [-0.05, 0) is 34.6 Å². The predicted molar refractivity (Wildman–Crippen MR) is 152 cm³/mol. The molecule has 5 heteroatoms. The highest BCUT2D eigenvalue weighted by atomic mass is 16.7. The van der Waals surface area contributed by atoms with E-state index >= 15 is 0 Å². The summed E-state index contributed by atoms with van der Waals surface area (Å²) in [6.07, 6.45) is -1.11. The first-order valence-electron chi connectivity index (χ1n) is 12.9. The van der Waals surface area contributed by atoms with E-state index in [1.807, 2.05) is 72.8 Å². The quantitative estimate of drug-likeness (QED) is 0.287. The first-order valence-corrected chi connectivity index (χ1v) is 12.9. The van der Waals surface area contributed by atoms with Crippen LogP contribution in [-0.2, 0) is 25.1 Å². The summed E-state index contributed by atoms with van der Waals surface area (Å²) in [5.41, 5.74) is 2.90. The molecule has 38 heavy (non-hydrogen) atoms. The molecule has 0 amide bonds. The summed E-state index contributed by atoms with van der Waals surface area (Å²) in [4.78, 5) is 0. The van der Waals surface area contributed by atoms with E-state index in [2.05, 4.69) is 62.0 Å². The van der Waals surface area contributed by atoms with E-state index in [1.165, 1.54) is 0 Å². The molecule has 2 unspecified atom stereocenters. The zero-order valence-electron chi connectivity index (χ0n) is 21.9. The maximum absolute atomic E-state index is 10.0. The van der Waals surface area contributed by atoms with Crippen LogP contribution in [0.25, 0.3) is 0 Å². The van der Waals surface area contributed by atoms with Crippen LogP contribution >= 0.6 is 0 Å². The molecular weight excluding hydrogens is 471 g/mol. The van der Waals surface area contributed by atoms with Crippen LogP contribution in [-0.4, -0.2) is 38.1 Å². The van der Waals surface area contributed by atoms with E-state index in [9.17, 15) is 5.11 Å². The van der Waals surface area contributed by atoms with Gasteiger partial charge in [-0.2, -0.15) is 0 Å². The lowest BCUT2D eigenvalue weighted by molar-refractivity contribution is -0.0879. The summed E-state index contributed by atoms with van der Waals surface area (Å²) in [7, 11) is 0.917. The monoisotopic (exact) mass is 504 g/mol. The van der Waals surface area contributed by atoms with Crippen molar-refractivity contribution < 1.29 is 19.2 Å². The number of ether oxygens (including phenoxy) is 1. The van der Waals surface area contributed by atoms with Gasteiger partial charge in [-0.3, -0.25) is 0 Å². The number of rotatable bonds is 9. The first kappa shape index (κ1) is 26.1. The fourth-order valence-electron chi connectivity index (χ4n) is 5.74. The van der Waals surface area contributed by atoms with E-state index in [-0.39, 0.29) is 6.61 Å². The Morgan fingerprint density at radius 1 is 0.711 bits per heavy atom. The second kappa shape index (κ2) is 11.1. The molecular formula is C33H33BO4. The Morgan fingerprint density at radius 2 is 1.08 bits per heavy atom. The van der Waals surface area contributed by atoms with Gasteiger partial charge in [-0.25, -0.2) is 0 Å². The lowest BCUT2D eigenvalue weighted by Gasteiger charge is -2.46. The van der Waals surface area contributed by atoms with Crippen molar-refractivity contribution in [2.24, 2.45) is 0 Å². The maximum atomic E-state index is 10.0. The molecule has 1 heterocycles. The van der Waals surface area contributed by atoms with E-state index in [0.29, 0.717) is 5.47 Å². The number of methoxy groups -OCH3 is 1. The van der Waals surface area contributed by atoms with Crippen molar-refractivity contribution in [3.8, 4) is 0 Å². The summed E-state index contributed by atoms with van der Waals surface area (Å²) in [6, 6.07) is 41.0. The first-order chi connectivity index (χ1) is 18.6. The van der Waals surface area contributed by atoms with Crippen molar-refractivity contribution in [3.05, 3.63) is 156 Å². The number of hydrogen-bond donors (Lipinski definition) is 1. The number of aliphatic hydroxyl groups is 1. The topological polar surface area (TPSA) is 47.9 Å². The molecule has 1 saturated heterocycles. The van der Waals surface area contributed by atoms with Crippen LogP contribution < -0.4 is 0 Å². The third kappa shape index (κ3) is 4.42. The smallest absolute Gasteiger partial charge is 0.401 e. The van der Waals surface area contributed by atoms with Crippen molar-refractivity contribution in [3.63, 3.8) is 0 Å². The Hall–Kier alpha value is -3.48. The standard InChI is InChI=1S/C33H33BO4/c1-25(24-35)34-37-30(32(2,26-16-8-4-9-17-26)27-18-10-5-11-19-27)31(38-34)33(36-3,28-20-12-6-13-21-28)29-22-14-7-15-23-29/h4-23,30-31,35H,1,24H2,2-3H3. The highest BCUT2D eigenvalue weighted by Gasteiger charge is 2.60. The summed E-state index contributed by atoms with van der Waals surface area (Å²) in [5.74, 6) is 0. The minimum Gasteiger partial charge on any atom is -0.401 e. The molecule has 1 aliphatic heterocycles. The summed E-state index contributed by atoms with van der Waals surface area (Å²) < 4.78 is 20.1. The zero-order valence-corrected chi connectivity index (χ0v) is 21.9. The fourth-order valence-corrected chi connectivity index (χ4v) is 5.74. The number of aliphatic hydroxyl groups excluding tert-OH is 1. The predicted octanol–water partition coefficient (Wildman–Crippen LogP) is 5.94. The molecule has 0 aliphatic carbocycles. The van der Waals surface area contributed by atoms with E-state index in [0.717, 1.165) is 22.3 Å².